The Morgan fingerprint density at radius 2 is 1.70 bits per heavy atom. The van der Waals surface area contributed by atoms with Crippen LogP contribution in [0.15, 0.2) is 36.5 Å². The summed E-state index contributed by atoms with van der Waals surface area (Å²) in [6.07, 6.45) is -0.916. The maximum Gasteiger partial charge on any atom is 0.410 e. The summed E-state index contributed by atoms with van der Waals surface area (Å²) in [4.78, 5) is 65.4. The fourth-order valence-corrected chi connectivity index (χ4v) is 9.79. The molecule has 5 rings (SSSR count). The minimum atomic E-state index is -1.33. The highest BCUT2D eigenvalue weighted by molar-refractivity contribution is 6.00. The third-order valence-corrected chi connectivity index (χ3v) is 12.8. The first kappa shape index (κ1) is 43.7. The number of ketones is 2. The van der Waals surface area contributed by atoms with Gasteiger partial charge in [-0.3, -0.25) is 24.3 Å². The van der Waals surface area contributed by atoms with Crippen LogP contribution in [0.5, 0.6) is 0 Å². The van der Waals surface area contributed by atoms with E-state index >= 15 is 0 Å². The maximum absolute atomic E-state index is 14.7. The molecule has 3 saturated heterocycles. The van der Waals surface area contributed by atoms with Crippen molar-refractivity contribution in [1.29, 1.82) is 0 Å². The van der Waals surface area contributed by atoms with Gasteiger partial charge in [0.15, 0.2) is 17.7 Å². The number of aromatic nitrogens is 1. The minimum absolute atomic E-state index is 0.0691. The molecule has 310 valence electrons. The summed E-state index contributed by atoms with van der Waals surface area (Å²) in [7, 11) is 1.98. The van der Waals surface area contributed by atoms with Crippen LogP contribution in [-0.2, 0) is 39.9 Å². The number of cyclic esters (lactones) is 1. The molecule has 0 radical (unpaired) electrons. The number of carbonyl (C=O) groups is 4. The van der Waals surface area contributed by atoms with Gasteiger partial charge in [0.25, 0.3) is 0 Å². The van der Waals surface area contributed by atoms with Crippen molar-refractivity contribution < 1.29 is 43.2 Å². The molecule has 1 aromatic heterocycles. The van der Waals surface area contributed by atoms with Crippen molar-refractivity contribution in [2.24, 2.45) is 35.0 Å². The van der Waals surface area contributed by atoms with Crippen molar-refractivity contribution in [3.05, 3.63) is 42.1 Å². The van der Waals surface area contributed by atoms with Gasteiger partial charge in [-0.2, -0.15) is 0 Å². The van der Waals surface area contributed by atoms with Gasteiger partial charge >= 0.3 is 12.1 Å². The molecule has 0 bridgehead atoms. The molecule has 1 amide bonds. The normalized spacial score (nSPS) is 35.9. The summed E-state index contributed by atoms with van der Waals surface area (Å²) in [5.74, 6) is -4.44. The highest BCUT2D eigenvalue weighted by atomic mass is 16.7. The lowest BCUT2D eigenvalue weighted by atomic mass is 9.69. The predicted octanol–water partition coefficient (Wildman–Crippen LogP) is 6.59. The molecule has 2 aromatic rings. The number of esters is 1. The Bertz CT molecular complexity index is 1730. The van der Waals surface area contributed by atoms with E-state index in [1.165, 1.54) is 0 Å². The van der Waals surface area contributed by atoms with Gasteiger partial charge < -0.3 is 29.0 Å². The number of pyridine rings is 1. The van der Waals surface area contributed by atoms with E-state index in [9.17, 15) is 24.3 Å². The number of carbonyl (C=O) groups excluding carboxylic acids is 4. The van der Waals surface area contributed by atoms with E-state index in [-0.39, 0.29) is 36.6 Å². The van der Waals surface area contributed by atoms with E-state index < -0.39 is 77.4 Å². The van der Waals surface area contributed by atoms with Crippen LogP contribution in [0.25, 0.3) is 10.9 Å². The fraction of sp³-hybridized carbons (Fsp3) is 0.705. The molecule has 3 aliphatic rings. The van der Waals surface area contributed by atoms with Crippen molar-refractivity contribution in [2.45, 2.75) is 144 Å². The molecule has 1 N–H and O–H groups in total. The quantitative estimate of drug-likeness (QED) is 0.218. The second-order valence-corrected chi connectivity index (χ2v) is 17.7. The summed E-state index contributed by atoms with van der Waals surface area (Å²) >= 11 is 0. The van der Waals surface area contributed by atoms with Crippen LogP contribution in [0.2, 0.25) is 0 Å². The first-order valence-electron chi connectivity index (χ1n) is 20.6. The zero-order valence-electron chi connectivity index (χ0n) is 35.3. The van der Waals surface area contributed by atoms with Crippen LogP contribution in [0.1, 0.15) is 100 Å². The summed E-state index contributed by atoms with van der Waals surface area (Å²) in [6, 6.07) is 9.31. The van der Waals surface area contributed by atoms with Crippen LogP contribution in [0.3, 0.4) is 0 Å². The number of fused-ring (bicyclic) bond motifs is 2. The lowest BCUT2D eigenvalue weighted by Crippen LogP contribution is -2.60. The standard InChI is InChI=1S/C44H65N3O9/c1-12-34-44(13-2)38(47(42(52)56-44)19-18-46(11)24-31-21-32-16-14-15-17-33(32)45-23-31)28(6)35(48)26(4)22-43(9,10)39(29(7)37(50)30(8)40(51)54-34)55-41-36(49)25(3)20-27(5)53-41/h14-17,21,23,25-30,34,36,38-39,41,49H,12-13,18-20,22,24H2,1-11H3/t25-,26+,27+,28-,29-,30+,34+,36+,38+,39+,41-,44+/m0/s1. The van der Waals surface area contributed by atoms with Gasteiger partial charge in [0, 0.05) is 49.0 Å². The lowest BCUT2D eigenvalue weighted by molar-refractivity contribution is -0.284. The second kappa shape index (κ2) is 17.6. The summed E-state index contributed by atoms with van der Waals surface area (Å²) in [6.45, 7) is 19.8. The number of amides is 1. The zero-order chi connectivity index (χ0) is 41.3. The molecule has 0 spiro atoms. The monoisotopic (exact) mass is 779 g/mol. The molecule has 12 nitrogen and oxygen atoms in total. The van der Waals surface area contributed by atoms with Crippen LogP contribution in [-0.4, -0.2) is 106 Å². The Morgan fingerprint density at radius 3 is 2.38 bits per heavy atom. The SMILES string of the molecule is CC[C@H]1OC(=O)[C@H](C)C(=O)[C@H](C)[C@@H](O[C@@H]2O[C@H](C)C[C@H](C)[C@H]2O)C(C)(C)C[C@@H](C)C(=O)[C@H](C)[C@H]2N(CCN(C)Cc3cnc4ccccc4c3)C(=O)O[C@]12CC. The average molecular weight is 780 g/mol. The number of aliphatic hydroxyl groups excluding tert-OH is 1. The van der Waals surface area contributed by atoms with Gasteiger partial charge in [-0.25, -0.2) is 4.79 Å². The number of aliphatic hydroxyl groups is 1. The van der Waals surface area contributed by atoms with Crippen LogP contribution < -0.4 is 0 Å². The van der Waals surface area contributed by atoms with E-state index in [2.05, 4.69) is 16.0 Å². The van der Waals surface area contributed by atoms with Gasteiger partial charge in [0.1, 0.15) is 23.9 Å². The van der Waals surface area contributed by atoms with Gasteiger partial charge in [-0.1, -0.05) is 73.6 Å². The number of benzene rings is 1. The average Bonchev–Trinajstić information content (AvgIpc) is 3.45. The Hall–Kier alpha value is -3.45. The largest absolute Gasteiger partial charge is 0.457 e. The molecule has 12 heteroatoms. The van der Waals surface area contributed by atoms with Crippen molar-refractivity contribution in [3.8, 4) is 0 Å². The number of para-hydroxylation sites is 1. The van der Waals surface area contributed by atoms with E-state index in [0.717, 1.165) is 16.5 Å². The lowest BCUT2D eigenvalue weighted by Gasteiger charge is -2.46. The molecular formula is C44H65N3O9. The molecule has 56 heavy (non-hydrogen) atoms. The molecule has 12 atom stereocenters. The molecule has 3 fully saturated rings. The van der Waals surface area contributed by atoms with E-state index in [4.69, 9.17) is 18.9 Å². The highest BCUT2D eigenvalue weighted by Crippen LogP contribution is 2.45. The first-order valence-corrected chi connectivity index (χ1v) is 20.6. The number of hydrogen-bond donors (Lipinski definition) is 1. The third kappa shape index (κ3) is 8.83. The smallest absolute Gasteiger partial charge is 0.410 e. The number of hydrogen-bond acceptors (Lipinski definition) is 11. The molecular weight excluding hydrogens is 714 g/mol. The van der Waals surface area contributed by atoms with Crippen molar-refractivity contribution >= 4 is 34.5 Å². The topological polar surface area (TPSA) is 145 Å². The number of likely N-dealkylation sites (N-methyl/N-ethyl adjacent to an activating group) is 1. The summed E-state index contributed by atoms with van der Waals surface area (Å²) in [5.41, 5.74) is -0.176. The van der Waals surface area contributed by atoms with E-state index in [0.29, 0.717) is 32.4 Å². The zero-order valence-corrected chi connectivity index (χ0v) is 35.3. The molecule has 4 heterocycles. The first-order chi connectivity index (χ1) is 26.3. The van der Waals surface area contributed by atoms with Crippen molar-refractivity contribution in [3.63, 3.8) is 0 Å². The van der Waals surface area contributed by atoms with Gasteiger partial charge in [0.2, 0.25) is 0 Å². The van der Waals surface area contributed by atoms with E-state index in [1.54, 1.807) is 18.7 Å². The molecule has 1 aromatic carbocycles. The molecule has 0 unspecified atom stereocenters. The van der Waals surface area contributed by atoms with Crippen LogP contribution >= 0.6 is 0 Å². The van der Waals surface area contributed by atoms with Gasteiger partial charge in [-0.15, -0.1) is 0 Å². The van der Waals surface area contributed by atoms with Crippen LogP contribution in [0.4, 0.5) is 4.79 Å². The molecule has 0 aliphatic carbocycles. The third-order valence-electron chi connectivity index (χ3n) is 12.8. The highest BCUT2D eigenvalue weighted by Gasteiger charge is 2.61. The van der Waals surface area contributed by atoms with Gasteiger partial charge in [0.05, 0.1) is 23.8 Å². The van der Waals surface area contributed by atoms with Crippen molar-refractivity contribution in [1.82, 2.24) is 14.8 Å². The number of nitrogens with zero attached hydrogens (tertiary/aromatic N) is 3. The van der Waals surface area contributed by atoms with Crippen LogP contribution in [0, 0.1) is 35.0 Å². The Kier molecular flexibility index (Phi) is 13.7. The summed E-state index contributed by atoms with van der Waals surface area (Å²) in [5, 5.41) is 12.2. The number of ether oxygens (including phenoxy) is 4. The number of rotatable bonds is 9. The summed E-state index contributed by atoms with van der Waals surface area (Å²) < 4.78 is 25.2. The maximum atomic E-state index is 14.7. The fourth-order valence-electron chi connectivity index (χ4n) is 9.79. The Morgan fingerprint density at radius 1 is 1.00 bits per heavy atom. The minimum Gasteiger partial charge on any atom is -0.457 e. The second-order valence-electron chi connectivity index (χ2n) is 17.7. The van der Waals surface area contributed by atoms with E-state index in [1.807, 2.05) is 92.9 Å². The van der Waals surface area contributed by atoms with Crippen molar-refractivity contribution in [2.75, 3.05) is 20.1 Å². The Balaban J connectivity index is 1.47. The molecule has 0 saturated carbocycles. The number of Topliss-reactive ketones (excluding diaryl/α,β-unsaturated/α-hetero) is 2. The van der Waals surface area contributed by atoms with Gasteiger partial charge in [-0.05, 0) is 75.6 Å². The Labute approximate surface area is 333 Å². The predicted molar refractivity (Wildman–Crippen MR) is 212 cm³/mol. The molecule has 3 aliphatic heterocycles.